The Kier molecular flexibility index (Phi) is 4.28. The number of rotatable bonds is 4. The highest BCUT2D eigenvalue weighted by Crippen LogP contribution is 2.23. The molecule has 18 heavy (non-hydrogen) atoms. The van der Waals surface area contributed by atoms with Crippen molar-refractivity contribution in [3.05, 3.63) is 40.9 Å². The normalized spacial score (nSPS) is 12.9. The van der Waals surface area contributed by atoms with E-state index in [-0.39, 0.29) is 0 Å². The lowest BCUT2D eigenvalue weighted by molar-refractivity contribution is 0.540. The molecule has 96 valence electrons. The topological polar surface area (TPSA) is 12.0 Å². The largest absolute Gasteiger partial charge is 0.383 e. The molecule has 0 aliphatic carbocycles. The Hall–Kier alpha value is -1.02. The molecule has 0 fully saturated rings. The quantitative estimate of drug-likeness (QED) is 0.792. The van der Waals surface area contributed by atoms with Crippen LogP contribution in [0.25, 0.3) is 10.8 Å². The second-order valence-corrected chi connectivity index (χ2v) is 6.30. The van der Waals surface area contributed by atoms with Crippen LogP contribution in [0, 0.1) is 5.92 Å². The zero-order valence-electron chi connectivity index (χ0n) is 11.2. The summed E-state index contributed by atoms with van der Waals surface area (Å²) >= 11 is 3.50. The molecule has 1 unspecified atom stereocenters. The molecule has 0 aliphatic rings. The molecule has 2 aromatic carbocycles. The first kappa shape index (κ1) is 13.4. The molecular formula is C16H20BrN. The van der Waals surface area contributed by atoms with Gasteiger partial charge in [-0.2, -0.15) is 0 Å². The van der Waals surface area contributed by atoms with Gasteiger partial charge in [-0.25, -0.2) is 0 Å². The fraction of sp³-hybridized carbons (Fsp3) is 0.375. The average Bonchev–Trinajstić information content (AvgIpc) is 2.28. The number of fused-ring (bicyclic) bond motifs is 1. The number of nitrogens with one attached hydrogen (secondary N) is 1. The summed E-state index contributed by atoms with van der Waals surface area (Å²) in [5.74, 6) is 0.726. The highest BCUT2D eigenvalue weighted by molar-refractivity contribution is 9.10. The van der Waals surface area contributed by atoms with E-state index in [9.17, 15) is 0 Å². The van der Waals surface area contributed by atoms with Gasteiger partial charge in [0.05, 0.1) is 0 Å². The predicted molar refractivity (Wildman–Crippen MR) is 84.2 cm³/mol. The van der Waals surface area contributed by atoms with Gasteiger partial charge in [-0.15, -0.1) is 0 Å². The lowest BCUT2D eigenvalue weighted by Crippen LogP contribution is -2.17. The third-order valence-corrected chi connectivity index (χ3v) is 3.53. The van der Waals surface area contributed by atoms with Crippen molar-refractivity contribution in [2.75, 3.05) is 5.32 Å². The van der Waals surface area contributed by atoms with Crippen LogP contribution in [0.4, 0.5) is 5.69 Å². The van der Waals surface area contributed by atoms with Crippen molar-refractivity contribution >= 4 is 32.4 Å². The zero-order valence-corrected chi connectivity index (χ0v) is 12.8. The highest BCUT2D eigenvalue weighted by atomic mass is 79.9. The van der Waals surface area contributed by atoms with Crippen molar-refractivity contribution in [3.8, 4) is 0 Å². The molecule has 0 heterocycles. The maximum Gasteiger partial charge on any atom is 0.0348 e. The number of benzene rings is 2. The molecule has 0 spiro atoms. The summed E-state index contributed by atoms with van der Waals surface area (Å²) in [7, 11) is 0. The molecule has 0 saturated carbocycles. The summed E-state index contributed by atoms with van der Waals surface area (Å²) in [4.78, 5) is 0. The first-order valence-corrected chi connectivity index (χ1v) is 7.30. The summed E-state index contributed by atoms with van der Waals surface area (Å²) in [5, 5.41) is 6.12. The SMILES string of the molecule is CC(C)CC(C)Nc1ccc2cc(Br)ccc2c1. The van der Waals surface area contributed by atoms with Crippen LogP contribution in [0.5, 0.6) is 0 Å². The second kappa shape index (κ2) is 5.75. The summed E-state index contributed by atoms with van der Waals surface area (Å²) in [5.41, 5.74) is 1.21. The number of hydrogen-bond donors (Lipinski definition) is 1. The Morgan fingerprint density at radius 3 is 2.39 bits per heavy atom. The van der Waals surface area contributed by atoms with Crippen LogP contribution in [0.1, 0.15) is 27.2 Å². The molecular weight excluding hydrogens is 286 g/mol. The van der Waals surface area contributed by atoms with E-state index < -0.39 is 0 Å². The molecule has 0 saturated heterocycles. The monoisotopic (exact) mass is 305 g/mol. The fourth-order valence-electron chi connectivity index (χ4n) is 2.36. The summed E-state index contributed by atoms with van der Waals surface area (Å²) in [6.45, 7) is 6.76. The van der Waals surface area contributed by atoms with Gasteiger partial charge in [0.1, 0.15) is 0 Å². The van der Waals surface area contributed by atoms with E-state index in [4.69, 9.17) is 0 Å². The Labute approximate surface area is 118 Å². The maximum absolute atomic E-state index is 3.57. The molecule has 0 bridgehead atoms. The standard InChI is InChI=1S/C16H20BrN/c1-11(2)8-12(3)18-16-7-5-13-9-15(17)6-4-14(13)10-16/h4-7,9-12,18H,8H2,1-3H3. The molecule has 0 aromatic heterocycles. The van der Waals surface area contributed by atoms with E-state index in [1.54, 1.807) is 0 Å². The number of anilines is 1. The van der Waals surface area contributed by atoms with Gasteiger partial charge in [0.25, 0.3) is 0 Å². The van der Waals surface area contributed by atoms with E-state index in [0.717, 1.165) is 10.4 Å². The molecule has 2 rings (SSSR count). The van der Waals surface area contributed by atoms with Crippen molar-refractivity contribution in [1.82, 2.24) is 0 Å². The first-order chi connectivity index (χ1) is 8.54. The van der Waals surface area contributed by atoms with Crippen molar-refractivity contribution < 1.29 is 0 Å². The molecule has 2 aromatic rings. The van der Waals surface area contributed by atoms with Gasteiger partial charge in [0.2, 0.25) is 0 Å². The summed E-state index contributed by atoms with van der Waals surface area (Å²) < 4.78 is 1.13. The Bertz CT molecular complexity index is 534. The molecule has 0 amide bonds. The van der Waals surface area contributed by atoms with E-state index in [0.29, 0.717) is 6.04 Å². The number of halogens is 1. The van der Waals surface area contributed by atoms with Gasteiger partial charge in [-0.1, -0.05) is 41.9 Å². The lowest BCUT2D eigenvalue weighted by Gasteiger charge is -2.17. The summed E-state index contributed by atoms with van der Waals surface area (Å²) in [6, 6.07) is 13.4. The van der Waals surface area contributed by atoms with E-state index in [1.807, 2.05) is 0 Å². The maximum atomic E-state index is 3.57. The molecule has 1 atom stereocenters. The zero-order chi connectivity index (χ0) is 13.1. The van der Waals surface area contributed by atoms with Gasteiger partial charge in [-0.05, 0) is 54.3 Å². The van der Waals surface area contributed by atoms with Crippen LogP contribution in [0.15, 0.2) is 40.9 Å². The molecule has 2 heteroatoms. The van der Waals surface area contributed by atoms with Crippen molar-refractivity contribution in [3.63, 3.8) is 0 Å². The lowest BCUT2D eigenvalue weighted by atomic mass is 10.0. The fourth-order valence-corrected chi connectivity index (χ4v) is 2.74. The third-order valence-electron chi connectivity index (χ3n) is 3.04. The second-order valence-electron chi connectivity index (χ2n) is 5.38. The molecule has 0 radical (unpaired) electrons. The van der Waals surface area contributed by atoms with Crippen molar-refractivity contribution in [1.29, 1.82) is 0 Å². The highest BCUT2D eigenvalue weighted by Gasteiger charge is 2.05. The van der Waals surface area contributed by atoms with Crippen molar-refractivity contribution in [2.45, 2.75) is 33.2 Å². The van der Waals surface area contributed by atoms with Gasteiger partial charge in [-0.3, -0.25) is 0 Å². The number of hydrogen-bond acceptors (Lipinski definition) is 1. The minimum atomic E-state index is 0.512. The third kappa shape index (κ3) is 3.49. The van der Waals surface area contributed by atoms with Crippen LogP contribution in [0.3, 0.4) is 0 Å². The van der Waals surface area contributed by atoms with Gasteiger partial charge in [0.15, 0.2) is 0 Å². The molecule has 1 N–H and O–H groups in total. The van der Waals surface area contributed by atoms with Gasteiger partial charge in [0, 0.05) is 16.2 Å². The summed E-state index contributed by atoms with van der Waals surface area (Å²) in [6.07, 6.45) is 1.19. The predicted octanol–water partition coefficient (Wildman–Crippen LogP) is 5.45. The van der Waals surface area contributed by atoms with E-state index >= 15 is 0 Å². The van der Waals surface area contributed by atoms with E-state index in [1.165, 1.54) is 22.9 Å². The molecule has 1 nitrogen and oxygen atoms in total. The van der Waals surface area contributed by atoms with Crippen LogP contribution < -0.4 is 5.32 Å². The van der Waals surface area contributed by atoms with Crippen LogP contribution in [-0.4, -0.2) is 6.04 Å². The Morgan fingerprint density at radius 1 is 1.00 bits per heavy atom. The van der Waals surface area contributed by atoms with Crippen molar-refractivity contribution in [2.24, 2.45) is 5.92 Å². The van der Waals surface area contributed by atoms with Gasteiger partial charge < -0.3 is 5.32 Å². The minimum absolute atomic E-state index is 0.512. The average molecular weight is 306 g/mol. The van der Waals surface area contributed by atoms with Gasteiger partial charge >= 0.3 is 0 Å². The molecule has 0 aliphatic heterocycles. The van der Waals surface area contributed by atoms with Crippen LogP contribution in [-0.2, 0) is 0 Å². The Morgan fingerprint density at radius 2 is 1.67 bits per heavy atom. The first-order valence-electron chi connectivity index (χ1n) is 6.50. The van der Waals surface area contributed by atoms with E-state index in [2.05, 4.69) is 78.4 Å². The smallest absolute Gasteiger partial charge is 0.0348 e. The van der Waals surface area contributed by atoms with Crippen LogP contribution in [0.2, 0.25) is 0 Å². The van der Waals surface area contributed by atoms with Crippen LogP contribution >= 0.6 is 15.9 Å². The Balaban J connectivity index is 2.17. The minimum Gasteiger partial charge on any atom is -0.383 e.